The van der Waals surface area contributed by atoms with Gasteiger partial charge in [0.25, 0.3) is 0 Å². The summed E-state index contributed by atoms with van der Waals surface area (Å²) in [5.41, 5.74) is 8.65. The molecule has 1 aliphatic rings. The highest BCUT2D eigenvalue weighted by atomic mass is 28.3. The lowest BCUT2D eigenvalue weighted by Gasteiger charge is -2.33. The molecule has 0 bridgehead atoms. The van der Waals surface area contributed by atoms with E-state index in [9.17, 15) is 0 Å². The van der Waals surface area contributed by atoms with E-state index in [1.165, 1.54) is 63.7 Å². The second-order valence-electron chi connectivity index (χ2n) is 11.7. The van der Waals surface area contributed by atoms with Gasteiger partial charge in [-0.05, 0) is 77.3 Å². The van der Waals surface area contributed by atoms with Gasteiger partial charge in [-0.25, -0.2) is 4.57 Å². The summed E-state index contributed by atoms with van der Waals surface area (Å²) in [6, 6.07) is 17.5. The van der Waals surface area contributed by atoms with E-state index in [2.05, 4.69) is 102 Å². The monoisotopic (exact) mass is 444 g/mol. The highest BCUT2D eigenvalue weighted by Gasteiger charge is 2.29. The van der Waals surface area contributed by atoms with Gasteiger partial charge in [-0.1, -0.05) is 71.1 Å². The first-order chi connectivity index (χ1) is 15.1. The van der Waals surface area contributed by atoms with Gasteiger partial charge < -0.3 is 0 Å². The molecule has 0 spiro atoms. The van der Waals surface area contributed by atoms with Crippen LogP contribution >= 0.6 is 0 Å². The predicted octanol–water partition coefficient (Wildman–Crippen LogP) is 8.47. The molecule has 170 valence electrons. The van der Waals surface area contributed by atoms with Crippen molar-refractivity contribution in [1.29, 1.82) is 0 Å². The van der Waals surface area contributed by atoms with Crippen molar-refractivity contribution in [2.75, 3.05) is 0 Å². The molecule has 0 saturated carbocycles. The van der Waals surface area contributed by atoms with E-state index in [-0.39, 0.29) is 0 Å². The standard InChI is InChI=1S/C30H42NSi/c1-20(2)26-18-28(21(3)4)22(5)29(19-26)30-27-10-9-24(17-25(27)11-14-31(30)6)23-12-15-32(7,8)16-13-23/h9-11,14,17-21,23H,12-13,15-16H2,1-8H3/q+1. The highest BCUT2D eigenvalue weighted by Crippen LogP contribution is 2.40. The fourth-order valence-corrected chi connectivity index (χ4v) is 8.16. The number of rotatable bonds is 4. The highest BCUT2D eigenvalue weighted by molar-refractivity contribution is 6.77. The van der Waals surface area contributed by atoms with E-state index < -0.39 is 8.07 Å². The first kappa shape index (κ1) is 23.2. The van der Waals surface area contributed by atoms with Crippen molar-refractivity contribution in [3.8, 4) is 11.3 Å². The van der Waals surface area contributed by atoms with Crippen LogP contribution in [0.15, 0.2) is 42.6 Å². The van der Waals surface area contributed by atoms with Gasteiger partial charge in [0, 0.05) is 14.1 Å². The van der Waals surface area contributed by atoms with Crippen molar-refractivity contribution in [1.82, 2.24) is 0 Å². The second-order valence-corrected chi connectivity index (χ2v) is 17.0. The minimum absolute atomic E-state index is 0.526. The Balaban J connectivity index is 1.84. The van der Waals surface area contributed by atoms with Crippen molar-refractivity contribution in [3.05, 3.63) is 64.8 Å². The third-order valence-corrected chi connectivity index (χ3v) is 11.3. The Hall–Kier alpha value is -1.93. The number of hydrogen-bond donors (Lipinski definition) is 0. The Bertz CT molecular complexity index is 1130. The van der Waals surface area contributed by atoms with Crippen molar-refractivity contribution in [3.63, 3.8) is 0 Å². The zero-order valence-corrected chi connectivity index (χ0v) is 22.5. The zero-order valence-electron chi connectivity index (χ0n) is 21.5. The Morgan fingerprint density at radius 1 is 0.906 bits per heavy atom. The van der Waals surface area contributed by atoms with Crippen LogP contribution in [0.3, 0.4) is 0 Å². The van der Waals surface area contributed by atoms with Crippen LogP contribution < -0.4 is 4.57 Å². The van der Waals surface area contributed by atoms with E-state index in [0.29, 0.717) is 11.8 Å². The Morgan fingerprint density at radius 3 is 2.22 bits per heavy atom. The van der Waals surface area contributed by atoms with Crippen LogP contribution in [0.1, 0.15) is 80.5 Å². The van der Waals surface area contributed by atoms with Gasteiger partial charge in [0.2, 0.25) is 5.69 Å². The van der Waals surface area contributed by atoms with Crippen LogP contribution in [-0.4, -0.2) is 8.07 Å². The van der Waals surface area contributed by atoms with Crippen LogP contribution in [0.25, 0.3) is 22.0 Å². The summed E-state index contributed by atoms with van der Waals surface area (Å²) in [5.74, 6) is 1.80. The summed E-state index contributed by atoms with van der Waals surface area (Å²) in [6.07, 6.45) is 5.02. The Morgan fingerprint density at radius 2 is 1.59 bits per heavy atom. The van der Waals surface area contributed by atoms with Crippen LogP contribution in [-0.2, 0) is 7.05 Å². The molecule has 2 heteroatoms. The molecule has 0 amide bonds. The minimum Gasteiger partial charge on any atom is -0.200 e. The molecule has 2 heterocycles. The average molecular weight is 445 g/mol. The van der Waals surface area contributed by atoms with Crippen molar-refractivity contribution < 1.29 is 4.57 Å². The number of pyridine rings is 1. The summed E-state index contributed by atoms with van der Waals surface area (Å²) in [5, 5.41) is 2.76. The number of aromatic nitrogens is 1. The topological polar surface area (TPSA) is 3.88 Å². The Labute approximate surface area is 196 Å². The fraction of sp³-hybridized carbons (Fsp3) is 0.500. The molecule has 2 aromatic carbocycles. The maximum absolute atomic E-state index is 2.56. The summed E-state index contributed by atoms with van der Waals surface area (Å²) < 4.78 is 2.33. The summed E-state index contributed by atoms with van der Waals surface area (Å²) >= 11 is 0. The minimum atomic E-state index is -0.919. The number of benzene rings is 2. The first-order valence-corrected chi connectivity index (χ1v) is 16.1. The molecule has 32 heavy (non-hydrogen) atoms. The number of fused-ring (bicyclic) bond motifs is 1. The lowest BCUT2D eigenvalue weighted by Crippen LogP contribution is -2.31. The van der Waals surface area contributed by atoms with Crippen molar-refractivity contribution >= 4 is 18.8 Å². The fourth-order valence-electron chi connectivity index (χ4n) is 5.65. The molecular weight excluding hydrogens is 402 g/mol. The van der Waals surface area contributed by atoms with Crippen LogP contribution in [0.4, 0.5) is 0 Å². The van der Waals surface area contributed by atoms with Crippen LogP contribution in [0, 0.1) is 6.92 Å². The maximum atomic E-state index is 2.56. The molecule has 1 aromatic heterocycles. The lowest BCUT2D eigenvalue weighted by atomic mass is 9.86. The largest absolute Gasteiger partial charge is 0.220 e. The molecule has 1 saturated heterocycles. The van der Waals surface area contributed by atoms with Gasteiger partial charge in [-0.15, -0.1) is 0 Å². The third kappa shape index (κ3) is 4.44. The first-order valence-electron chi connectivity index (χ1n) is 12.6. The van der Waals surface area contributed by atoms with Crippen molar-refractivity contribution in [2.45, 2.75) is 90.4 Å². The number of nitrogens with zero attached hydrogens (tertiary/aromatic N) is 1. The molecular formula is C30H42NSi+. The van der Waals surface area contributed by atoms with E-state index in [1.54, 1.807) is 5.56 Å². The van der Waals surface area contributed by atoms with Gasteiger partial charge in [0.15, 0.2) is 6.20 Å². The molecule has 1 aliphatic heterocycles. The molecule has 1 fully saturated rings. The van der Waals surface area contributed by atoms with Gasteiger partial charge in [-0.2, -0.15) is 0 Å². The molecule has 4 rings (SSSR count). The molecule has 3 aromatic rings. The van der Waals surface area contributed by atoms with Crippen LogP contribution in [0.5, 0.6) is 0 Å². The van der Waals surface area contributed by atoms with E-state index in [0.717, 1.165) is 5.92 Å². The summed E-state index contributed by atoms with van der Waals surface area (Å²) in [4.78, 5) is 0. The van der Waals surface area contributed by atoms with Crippen molar-refractivity contribution in [2.24, 2.45) is 7.05 Å². The van der Waals surface area contributed by atoms with E-state index in [4.69, 9.17) is 0 Å². The van der Waals surface area contributed by atoms with Gasteiger partial charge in [0.05, 0.1) is 10.9 Å². The van der Waals surface area contributed by atoms with Gasteiger partial charge in [-0.3, -0.25) is 0 Å². The molecule has 0 aliphatic carbocycles. The quantitative estimate of drug-likeness (QED) is 0.280. The average Bonchev–Trinajstić information content (AvgIpc) is 2.73. The van der Waals surface area contributed by atoms with E-state index >= 15 is 0 Å². The lowest BCUT2D eigenvalue weighted by molar-refractivity contribution is -0.659. The normalized spacial score (nSPS) is 16.9. The van der Waals surface area contributed by atoms with Gasteiger partial charge >= 0.3 is 0 Å². The van der Waals surface area contributed by atoms with Gasteiger partial charge in [0.1, 0.15) is 7.05 Å². The molecule has 1 nitrogen and oxygen atoms in total. The predicted molar refractivity (Wildman–Crippen MR) is 143 cm³/mol. The smallest absolute Gasteiger partial charge is 0.200 e. The molecule has 0 atom stereocenters. The summed E-state index contributed by atoms with van der Waals surface area (Å²) in [7, 11) is 1.28. The van der Waals surface area contributed by atoms with E-state index in [1.807, 2.05) is 0 Å². The second kappa shape index (κ2) is 8.78. The maximum Gasteiger partial charge on any atom is 0.220 e. The molecule has 0 radical (unpaired) electrons. The zero-order chi connectivity index (χ0) is 23.2. The molecule has 0 unspecified atom stereocenters. The van der Waals surface area contributed by atoms with Crippen LogP contribution in [0.2, 0.25) is 25.2 Å². The SMILES string of the molecule is Cc1c(-c2c3ccc(C4CC[Si](C)(C)CC4)cc3cc[n+]2C)cc(C(C)C)cc1C(C)C. The Kier molecular flexibility index (Phi) is 6.37. The number of hydrogen-bond acceptors (Lipinski definition) is 0. The third-order valence-electron chi connectivity index (χ3n) is 7.99. The number of aryl methyl sites for hydroxylation is 1. The summed E-state index contributed by atoms with van der Waals surface area (Å²) in [6.45, 7) is 16.7. The molecule has 0 N–H and O–H groups in total.